The summed E-state index contributed by atoms with van der Waals surface area (Å²) in [5.74, 6) is 1.87. The molecule has 5 atom stereocenters. The van der Waals surface area contributed by atoms with Crippen LogP contribution in [0.1, 0.15) is 70.2 Å². The van der Waals surface area contributed by atoms with E-state index in [9.17, 15) is 9.90 Å². The summed E-state index contributed by atoms with van der Waals surface area (Å²) < 4.78 is 6.15. The molecule has 1 aromatic carbocycles. The number of rotatable bonds is 2. The lowest BCUT2D eigenvalue weighted by Gasteiger charge is -2.46. The molecule has 0 saturated heterocycles. The predicted octanol–water partition coefficient (Wildman–Crippen LogP) is 5.18. The van der Waals surface area contributed by atoms with E-state index in [2.05, 4.69) is 27.7 Å². The van der Waals surface area contributed by atoms with Gasteiger partial charge in [-0.1, -0.05) is 20.8 Å². The van der Waals surface area contributed by atoms with Gasteiger partial charge in [-0.15, -0.1) is 0 Å². The van der Waals surface area contributed by atoms with Gasteiger partial charge >= 0.3 is 5.97 Å². The van der Waals surface area contributed by atoms with Crippen LogP contribution in [-0.4, -0.2) is 16.7 Å². The van der Waals surface area contributed by atoms with Crippen molar-refractivity contribution >= 4 is 5.97 Å². The van der Waals surface area contributed by atoms with Gasteiger partial charge in [0.2, 0.25) is 0 Å². The molecule has 3 saturated carbocycles. The van der Waals surface area contributed by atoms with Gasteiger partial charge in [0.05, 0.1) is 5.56 Å². The summed E-state index contributed by atoms with van der Waals surface area (Å²) in [5.41, 5.74) is 0.807. The number of phenols is 1. The molecule has 5 unspecified atom stereocenters. The molecule has 0 aliphatic heterocycles. The van der Waals surface area contributed by atoms with Gasteiger partial charge in [-0.3, -0.25) is 0 Å². The summed E-state index contributed by atoms with van der Waals surface area (Å²) in [6.45, 7) is 9.39. The fourth-order valence-electron chi connectivity index (χ4n) is 6.85. The molecule has 1 aromatic rings. The third-order valence-corrected chi connectivity index (χ3v) is 8.20. The van der Waals surface area contributed by atoms with Crippen LogP contribution in [0, 0.1) is 28.6 Å². The summed E-state index contributed by atoms with van der Waals surface area (Å²) in [6.07, 6.45) is 6.02. The van der Waals surface area contributed by atoms with E-state index in [0.29, 0.717) is 16.9 Å². The summed E-state index contributed by atoms with van der Waals surface area (Å²) in [4.78, 5) is 12.7. The van der Waals surface area contributed by atoms with Crippen molar-refractivity contribution < 1.29 is 14.6 Å². The smallest absolute Gasteiger partial charge is 0.338 e. The second-order valence-corrected chi connectivity index (χ2v) is 9.59. The Morgan fingerprint density at radius 2 is 1.76 bits per heavy atom. The standard InChI is InChI=1S/C22H30O3/c1-14-5-10-17-20(2,3)18-13-22(14,17)12-11-21(18,4)25-19(24)15-6-8-16(23)9-7-15/h6-9,14,17-18,23H,5,10-13H2,1-4H3. The van der Waals surface area contributed by atoms with Gasteiger partial charge in [-0.2, -0.15) is 0 Å². The Balaban J connectivity index is 1.61. The van der Waals surface area contributed by atoms with E-state index in [1.54, 1.807) is 24.3 Å². The molecule has 3 fully saturated rings. The van der Waals surface area contributed by atoms with E-state index in [1.807, 2.05) is 0 Å². The lowest BCUT2D eigenvalue weighted by molar-refractivity contribution is -0.0882. The average molecular weight is 342 g/mol. The summed E-state index contributed by atoms with van der Waals surface area (Å²) in [6, 6.07) is 6.37. The van der Waals surface area contributed by atoms with Gasteiger partial charge in [0, 0.05) is 5.92 Å². The average Bonchev–Trinajstić information content (AvgIpc) is 2.97. The number of aromatic hydroxyl groups is 1. The van der Waals surface area contributed by atoms with Crippen LogP contribution >= 0.6 is 0 Å². The molecule has 3 heteroatoms. The third-order valence-electron chi connectivity index (χ3n) is 8.20. The molecule has 25 heavy (non-hydrogen) atoms. The van der Waals surface area contributed by atoms with E-state index in [-0.39, 0.29) is 17.1 Å². The number of hydrogen-bond donors (Lipinski definition) is 1. The zero-order valence-electron chi connectivity index (χ0n) is 15.8. The molecule has 0 amide bonds. The number of phenolic OH excluding ortho intramolecular Hbond substituents is 1. The lowest BCUT2D eigenvalue weighted by Crippen LogP contribution is -2.47. The van der Waals surface area contributed by atoms with Crippen molar-refractivity contribution in [1.82, 2.24) is 0 Å². The molecule has 2 bridgehead atoms. The summed E-state index contributed by atoms with van der Waals surface area (Å²) in [5, 5.41) is 9.43. The molecule has 3 aliphatic rings. The van der Waals surface area contributed by atoms with Crippen molar-refractivity contribution in [2.45, 2.75) is 65.4 Å². The first-order valence-electron chi connectivity index (χ1n) is 9.71. The number of fused-ring (bicyclic) bond motifs is 1. The van der Waals surface area contributed by atoms with Crippen molar-refractivity contribution in [3.8, 4) is 5.75 Å². The van der Waals surface area contributed by atoms with Gasteiger partial charge in [-0.25, -0.2) is 4.79 Å². The van der Waals surface area contributed by atoms with E-state index < -0.39 is 5.60 Å². The maximum Gasteiger partial charge on any atom is 0.338 e. The molecule has 3 aliphatic carbocycles. The first kappa shape index (κ1) is 16.9. The van der Waals surface area contributed by atoms with Crippen molar-refractivity contribution in [2.75, 3.05) is 0 Å². The van der Waals surface area contributed by atoms with Crippen molar-refractivity contribution in [2.24, 2.45) is 28.6 Å². The highest BCUT2D eigenvalue weighted by Gasteiger charge is 2.68. The SMILES string of the molecule is CC1CCC2C(C)(C)C3CC12CCC3(C)OC(=O)c1ccc(O)cc1. The lowest BCUT2D eigenvalue weighted by atomic mass is 9.64. The second kappa shape index (κ2) is 5.25. The van der Waals surface area contributed by atoms with E-state index >= 15 is 0 Å². The van der Waals surface area contributed by atoms with Crippen LogP contribution in [0.2, 0.25) is 0 Å². The van der Waals surface area contributed by atoms with E-state index in [1.165, 1.54) is 25.7 Å². The van der Waals surface area contributed by atoms with Gasteiger partial charge in [-0.05, 0) is 86.0 Å². The number of ether oxygens (including phenoxy) is 1. The highest BCUT2D eigenvalue weighted by molar-refractivity contribution is 5.89. The molecule has 1 N–H and O–H groups in total. The zero-order chi connectivity index (χ0) is 18.0. The summed E-state index contributed by atoms with van der Waals surface area (Å²) in [7, 11) is 0. The Morgan fingerprint density at radius 1 is 1.08 bits per heavy atom. The first-order valence-corrected chi connectivity index (χ1v) is 9.71. The Bertz CT molecular complexity index is 692. The van der Waals surface area contributed by atoms with Gasteiger partial charge in [0.25, 0.3) is 0 Å². The van der Waals surface area contributed by atoms with Crippen LogP contribution in [0.3, 0.4) is 0 Å². The highest BCUT2D eigenvalue weighted by atomic mass is 16.6. The number of benzene rings is 1. The minimum absolute atomic E-state index is 0.168. The maximum atomic E-state index is 12.7. The Labute approximate surface area is 150 Å². The number of esters is 1. The zero-order valence-corrected chi connectivity index (χ0v) is 15.8. The van der Waals surface area contributed by atoms with Crippen LogP contribution in [0.4, 0.5) is 0 Å². The summed E-state index contributed by atoms with van der Waals surface area (Å²) >= 11 is 0. The molecule has 3 nitrogen and oxygen atoms in total. The van der Waals surface area contributed by atoms with Crippen LogP contribution in [-0.2, 0) is 4.74 Å². The van der Waals surface area contributed by atoms with Crippen molar-refractivity contribution in [1.29, 1.82) is 0 Å². The third kappa shape index (κ3) is 2.27. The molecule has 0 heterocycles. The topological polar surface area (TPSA) is 46.5 Å². The Morgan fingerprint density at radius 3 is 2.44 bits per heavy atom. The molecular formula is C22H30O3. The van der Waals surface area contributed by atoms with Crippen LogP contribution in [0.5, 0.6) is 5.75 Å². The van der Waals surface area contributed by atoms with Gasteiger partial charge in [0.1, 0.15) is 11.4 Å². The molecule has 1 spiro atoms. The monoisotopic (exact) mass is 342 g/mol. The van der Waals surface area contributed by atoms with Crippen LogP contribution in [0.25, 0.3) is 0 Å². The van der Waals surface area contributed by atoms with Gasteiger partial charge in [0.15, 0.2) is 0 Å². The molecule has 0 aromatic heterocycles. The van der Waals surface area contributed by atoms with Gasteiger partial charge < -0.3 is 9.84 Å². The molecule has 136 valence electrons. The van der Waals surface area contributed by atoms with E-state index in [4.69, 9.17) is 4.74 Å². The van der Waals surface area contributed by atoms with Crippen molar-refractivity contribution in [3.05, 3.63) is 29.8 Å². The Kier molecular flexibility index (Phi) is 3.55. The fraction of sp³-hybridized carbons (Fsp3) is 0.682. The Hall–Kier alpha value is -1.51. The highest BCUT2D eigenvalue weighted by Crippen LogP contribution is 2.73. The minimum atomic E-state index is -0.395. The second-order valence-electron chi connectivity index (χ2n) is 9.59. The number of carbonyl (C=O) groups excluding carboxylic acids is 1. The first-order chi connectivity index (χ1) is 11.7. The molecular weight excluding hydrogens is 312 g/mol. The van der Waals surface area contributed by atoms with E-state index in [0.717, 1.165) is 18.3 Å². The van der Waals surface area contributed by atoms with Crippen molar-refractivity contribution in [3.63, 3.8) is 0 Å². The largest absolute Gasteiger partial charge is 0.508 e. The van der Waals surface area contributed by atoms with Crippen LogP contribution < -0.4 is 0 Å². The predicted molar refractivity (Wildman–Crippen MR) is 97.4 cm³/mol. The quantitative estimate of drug-likeness (QED) is 0.753. The van der Waals surface area contributed by atoms with Crippen LogP contribution in [0.15, 0.2) is 24.3 Å². The number of carbonyl (C=O) groups is 1. The number of hydrogen-bond acceptors (Lipinski definition) is 3. The normalized spacial score (nSPS) is 41.4. The maximum absolute atomic E-state index is 12.7. The fourth-order valence-corrected chi connectivity index (χ4v) is 6.85. The minimum Gasteiger partial charge on any atom is -0.508 e. The molecule has 0 radical (unpaired) electrons. The molecule has 4 rings (SSSR count).